The Morgan fingerprint density at radius 2 is 2.17 bits per heavy atom. The number of nitrogens with two attached hydrogens (primary N) is 1. The van der Waals surface area contributed by atoms with Gasteiger partial charge in [-0.3, -0.25) is 0 Å². The molecule has 12 heavy (non-hydrogen) atoms. The fraction of sp³-hybridized carbons (Fsp3) is 0.400. The first-order valence-electron chi connectivity index (χ1n) is 4.27. The van der Waals surface area contributed by atoms with Gasteiger partial charge in [0.05, 0.1) is 12.8 Å². The van der Waals surface area contributed by atoms with Crippen molar-refractivity contribution < 1.29 is 4.74 Å². The third-order valence-corrected chi connectivity index (χ3v) is 2.51. The highest BCUT2D eigenvalue weighted by Crippen LogP contribution is 2.33. The van der Waals surface area contributed by atoms with Crippen molar-refractivity contribution in [3.8, 4) is 5.75 Å². The molecule has 0 saturated heterocycles. The van der Waals surface area contributed by atoms with Crippen molar-refractivity contribution in [1.29, 1.82) is 0 Å². The summed E-state index contributed by atoms with van der Waals surface area (Å²) in [7, 11) is 1.66. The van der Waals surface area contributed by atoms with E-state index in [0.29, 0.717) is 0 Å². The van der Waals surface area contributed by atoms with Crippen LogP contribution in [-0.2, 0) is 12.8 Å². The molecule has 0 saturated carbocycles. The van der Waals surface area contributed by atoms with Crippen LogP contribution < -0.4 is 10.5 Å². The topological polar surface area (TPSA) is 35.2 Å². The third-order valence-electron chi connectivity index (χ3n) is 2.51. The van der Waals surface area contributed by atoms with Gasteiger partial charge in [-0.2, -0.15) is 0 Å². The fourth-order valence-electron chi connectivity index (χ4n) is 1.85. The van der Waals surface area contributed by atoms with Crippen molar-refractivity contribution >= 4 is 5.69 Å². The van der Waals surface area contributed by atoms with Gasteiger partial charge in [0, 0.05) is 0 Å². The summed E-state index contributed by atoms with van der Waals surface area (Å²) in [6, 6.07) is 4.08. The Morgan fingerprint density at radius 1 is 1.33 bits per heavy atom. The molecule has 0 heterocycles. The molecule has 0 aromatic heterocycles. The van der Waals surface area contributed by atoms with Gasteiger partial charge in [-0.05, 0) is 36.5 Å². The minimum absolute atomic E-state index is 0.815. The zero-order valence-corrected chi connectivity index (χ0v) is 7.26. The van der Waals surface area contributed by atoms with E-state index in [1.165, 1.54) is 24.0 Å². The summed E-state index contributed by atoms with van der Waals surface area (Å²) in [5.74, 6) is 0.815. The molecular formula is C10H13NO. The number of ether oxygens (including phenoxy) is 1. The molecule has 2 N–H and O–H groups in total. The summed E-state index contributed by atoms with van der Waals surface area (Å²) >= 11 is 0. The van der Waals surface area contributed by atoms with Crippen LogP contribution in [0.4, 0.5) is 5.69 Å². The lowest BCUT2D eigenvalue weighted by Gasteiger charge is -2.08. The highest BCUT2D eigenvalue weighted by atomic mass is 16.5. The number of benzene rings is 1. The monoisotopic (exact) mass is 163 g/mol. The molecule has 1 aliphatic rings. The van der Waals surface area contributed by atoms with Crippen molar-refractivity contribution in [1.82, 2.24) is 0 Å². The number of hydrogen-bond acceptors (Lipinski definition) is 2. The van der Waals surface area contributed by atoms with Crippen molar-refractivity contribution in [2.45, 2.75) is 19.3 Å². The number of methoxy groups -OCH3 is 1. The number of anilines is 1. The molecule has 0 bridgehead atoms. The van der Waals surface area contributed by atoms with Crippen molar-refractivity contribution in [2.24, 2.45) is 0 Å². The molecule has 64 valence electrons. The Labute approximate surface area is 72.3 Å². The smallest absolute Gasteiger partial charge is 0.142 e. The predicted molar refractivity (Wildman–Crippen MR) is 49.4 cm³/mol. The molecule has 0 amide bonds. The zero-order valence-electron chi connectivity index (χ0n) is 7.26. The number of hydrogen-bond donors (Lipinski definition) is 1. The minimum atomic E-state index is 0.815. The minimum Gasteiger partial charge on any atom is -0.495 e. The van der Waals surface area contributed by atoms with E-state index in [0.717, 1.165) is 17.9 Å². The molecule has 0 fully saturated rings. The molecule has 1 aromatic rings. The van der Waals surface area contributed by atoms with Gasteiger partial charge in [-0.25, -0.2) is 0 Å². The standard InChI is InChI=1S/C10H13NO/c1-12-9-6-5-7-3-2-4-8(7)10(9)11/h5-6H,2-4,11H2,1H3. The summed E-state index contributed by atoms with van der Waals surface area (Å²) in [6.07, 6.45) is 3.51. The van der Waals surface area contributed by atoms with E-state index in [1.807, 2.05) is 6.07 Å². The van der Waals surface area contributed by atoms with E-state index < -0.39 is 0 Å². The molecule has 0 unspecified atom stereocenters. The Balaban J connectivity index is 2.54. The largest absolute Gasteiger partial charge is 0.495 e. The van der Waals surface area contributed by atoms with Crippen molar-refractivity contribution in [3.05, 3.63) is 23.3 Å². The lowest BCUT2D eigenvalue weighted by Crippen LogP contribution is -1.97. The Kier molecular flexibility index (Phi) is 1.68. The van der Waals surface area contributed by atoms with Crippen molar-refractivity contribution in [2.75, 3.05) is 12.8 Å². The van der Waals surface area contributed by atoms with Gasteiger partial charge < -0.3 is 10.5 Å². The maximum Gasteiger partial charge on any atom is 0.142 e. The summed E-state index contributed by atoms with van der Waals surface area (Å²) < 4.78 is 5.15. The fourth-order valence-corrected chi connectivity index (χ4v) is 1.85. The van der Waals surface area contributed by atoms with Crippen LogP contribution in [-0.4, -0.2) is 7.11 Å². The van der Waals surface area contributed by atoms with Crippen LogP contribution in [0, 0.1) is 0 Å². The van der Waals surface area contributed by atoms with Crippen LogP contribution in [0.25, 0.3) is 0 Å². The highest BCUT2D eigenvalue weighted by molar-refractivity contribution is 5.62. The zero-order chi connectivity index (χ0) is 8.55. The van der Waals surface area contributed by atoms with Crippen LogP contribution >= 0.6 is 0 Å². The summed E-state index contributed by atoms with van der Waals surface area (Å²) in [4.78, 5) is 0. The quantitative estimate of drug-likeness (QED) is 0.640. The average molecular weight is 163 g/mol. The molecule has 0 atom stereocenters. The average Bonchev–Trinajstić information content (AvgIpc) is 2.53. The third kappa shape index (κ3) is 0.951. The second-order valence-corrected chi connectivity index (χ2v) is 3.17. The molecular weight excluding hydrogens is 150 g/mol. The van der Waals surface area contributed by atoms with Gasteiger partial charge in [0.15, 0.2) is 0 Å². The summed E-state index contributed by atoms with van der Waals surface area (Å²) in [5.41, 5.74) is 9.46. The van der Waals surface area contributed by atoms with E-state index in [1.54, 1.807) is 7.11 Å². The molecule has 0 aliphatic heterocycles. The Morgan fingerprint density at radius 3 is 2.92 bits per heavy atom. The Bertz CT molecular complexity index is 307. The van der Waals surface area contributed by atoms with E-state index in [4.69, 9.17) is 10.5 Å². The first kappa shape index (κ1) is 7.47. The van der Waals surface area contributed by atoms with Crippen LogP contribution in [0.3, 0.4) is 0 Å². The lowest BCUT2D eigenvalue weighted by molar-refractivity contribution is 0.416. The maximum atomic E-state index is 5.92. The summed E-state index contributed by atoms with van der Waals surface area (Å²) in [6.45, 7) is 0. The molecule has 0 radical (unpaired) electrons. The molecule has 1 aromatic carbocycles. The highest BCUT2D eigenvalue weighted by Gasteiger charge is 2.15. The van der Waals surface area contributed by atoms with Crippen LogP contribution in [0.2, 0.25) is 0 Å². The molecule has 2 heteroatoms. The van der Waals surface area contributed by atoms with Crippen LogP contribution in [0.15, 0.2) is 12.1 Å². The van der Waals surface area contributed by atoms with Crippen LogP contribution in [0.1, 0.15) is 17.5 Å². The first-order valence-corrected chi connectivity index (χ1v) is 4.27. The van der Waals surface area contributed by atoms with E-state index in [-0.39, 0.29) is 0 Å². The number of aryl methyl sites for hydroxylation is 1. The number of rotatable bonds is 1. The number of fused-ring (bicyclic) bond motifs is 1. The van der Waals surface area contributed by atoms with Gasteiger partial charge in [-0.15, -0.1) is 0 Å². The maximum absolute atomic E-state index is 5.92. The normalized spacial score (nSPS) is 14.4. The lowest BCUT2D eigenvalue weighted by atomic mass is 10.1. The van der Waals surface area contributed by atoms with E-state index >= 15 is 0 Å². The van der Waals surface area contributed by atoms with Gasteiger partial charge >= 0.3 is 0 Å². The second-order valence-electron chi connectivity index (χ2n) is 3.17. The van der Waals surface area contributed by atoms with Gasteiger partial charge in [0.25, 0.3) is 0 Å². The van der Waals surface area contributed by atoms with Gasteiger partial charge in [0.1, 0.15) is 5.75 Å². The predicted octanol–water partition coefficient (Wildman–Crippen LogP) is 1.77. The van der Waals surface area contributed by atoms with Crippen LogP contribution in [0.5, 0.6) is 5.75 Å². The van der Waals surface area contributed by atoms with Crippen molar-refractivity contribution in [3.63, 3.8) is 0 Å². The SMILES string of the molecule is COc1ccc2c(c1N)CCC2. The molecule has 0 spiro atoms. The number of nitrogen functional groups attached to an aromatic ring is 1. The second kappa shape index (κ2) is 2.70. The van der Waals surface area contributed by atoms with Gasteiger partial charge in [-0.1, -0.05) is 6.07 Å². The van der Waals surface area contributed by atoms with Gasteiger partial charge in [0.2, 0.25) is 0 Å². The van der Waals surface area contributed by atoms with E-state index in [2.05, 4.69) is 6.07 Å². The molecule has 1 aliphatic carbocycles. The Hall–Kier alpha value is -1.18. The molecule has 2 nitrogen and oxygen atoms in total. The summed E-state index contributed by atoms with van der Waals surface area (Å²) in [5, 5.41) is 0. The van der Waals surface area contributed by atoms with E-state index in [9.17, 15) is 0 Å². The first-order chi connectivity index (χ1) is 5.83. The molecule has 2 rings (SSSR count).